The van der Waals surface area contributed by atoms with Crippen molar-refractivity contribution in [3.05, 3.63) is 43.9 Å². The van der Waals surface area contributed by atoms with Crippen LogP contribution in [-0.2, 0) is 6.42 Å². The van der Waals surface area contributed by atoms with Crippen LogP contribution in [0.3, 0.4) is 0 Å². The lowest BCUT2D eigenvalue weighted by molar-refractivity contribution is 0.150. The van der Waals surface area contributed by atoms with Gasteiger partial charge < -0.3 is 9.52 Å². The van der Waals surface area contributed by atoms with Crippen LogP contribution >= 0.6 is 38.9 Å². The highest BCUT2D eigenvalue weighted by Crippen LogP contribution is 2.30. The first-order chi connectivity index (χ1) is 7.16. The average Bonchev–Trinajstić information content (AvgIpc) is 2.75. The largest absolute Gasteiger partial charge is 0.465 e. The zero-order valence-electron chi connectivity index (χ0n) is 7.61. The maximum Gasteiger partial charge on any atom is 0.146 e. The third-order valence-corrected chi connectivity index (χ3v) is 3.88. The van der Waals surface area contributed by atoms with Gasteiger partial charge >= 0.3 is 0 Å². The van der Waals surface area contributed by atoms with Crippen molar-refractivity contribution in [3.8, 4) is 0 Å². The van der Waals surface area contributed by atoms with Gasteiger partial charge in [0.15, 0.2) is 0 Å². The number of aliphatic hydroxyl groups excluding tert-OH is 1. The molecule has 0 spiro atoms. The quantitative estimate of drug-likeness (QED) is 0.928. The first-order valence-corrected chi connectivity index (χ1v) is 6.30. The van der Waals surface area contributed by atoms with Gasteiger partial charge in [0.05, 0.1) is 15.1 Å². The zero-order chi connectivity index (χ0) is 10.8. The summed E-state index contributed by atoms with van der Waals surface area (Å²) in [5.74, 6) is 0.555. The maximum absolute atomic E-state index is 9.89. The second kappa shape index (κ2) is 4.70. The fourth-order valence-corrected chi connectivity index (χ4v) is 2.88. The van der Waals surface area contributed by atoms with Gasteiger partial charge in [-0.1, -0.05) is 11.6 Å². The number of hydrogen-bond acceptors (Lipinski definition) is 3. The lowest BCUT2D eigenvalue weighted by Gasteiger charge is -2.06. The van der Waals surface area contributed by atoms with Crippen LogP contribution in [0.5, 0.6) is 0 Å². The van der Waals surface area contributed by atoms with Crippen LogP contribution in [-0.4, -0.2) is 5.11 Å². The summed E-state index contributed by atoms with van der Waals surface area (Å²) in [5.41, 5.74) is 0. The zero-order valence-corrected chi connectivity index (χ0v) is 10.8. The summed E-state index contributed by atoms with van der Waals surface area (Å²) in [4.78, 5) is 1.04. The van der Waals surface area contributed by atoms with Crippen molar-refractivity contribution in [1.82, 2.24) is 0 Å². The van der Waals surface area contributed by atoms with Gasteiger partial charge in [-0.05, 0) is 34.1 Å². The smallest absolute Gasteiger partial charge is 0.146 e. The monoisotopic (exact) mass is 306 g/mol. The van der Waals surface area contributed by atoms with Gasteiger partial charge in [0, 0.05) is 11.3 Å². The van der Waals surface area contributed by atoms with Gasteiger partial charge in [-0.25, -0.2) is 0 Å². The first-order valence-electron chi connectivity index (χ1n) is 4.32. The molecule has 1 atom stereocenters. The summed E-state index contributed by atoms with van der Waals surface area (Å²) in [7, 11) is 0. The number of halogens is 2. The van der Waals surface area contributed by atoms with E-state index in [4.69, 9.17) is 16.0 Å². The molecule has 0 bridgehead atoms. The summed E-state index contributed by atoms with van der Waals surface area (Å²) in [5, 5.41) is 9.89. The maximum atomic E-state index is 9.89. The molecule has 0 amide bonds. The molecular weight excluding hydrogens is 300 g/mol. The van der Waals surface area contributed by atoms with E-state index in [0.29, 0.717) is 12.2 Å². The van der Waals surface area contributed by atoms with E-state index in [0.717, 1.165) is 13.7 Å². The van der Waals surface area contributed by atoms with Crippen LogP contribution in [0.1, 0.15) is 16.7 Å². The molecular formula is C10H8BrClO2S. The van der Waals surface area contributed by atoms with E-state index in [1.54, 1.807) is 12.3 Å². The van der Waals surface area contributed by atoms with E-state index in [9.17, 15) is 5.11 Å². The second-order valence-electron chi connectivity index (χ2n) is 3.06. The molecule has 2 nitrogen and oxygen atoms in total. The van der Waals surface area contributed by atoms with Gasteiger partial charge in [-0.3, -0.25) is 0 Å². The third kappa shape index (κ3) is 2.64. The van der Waals surface area contributed by atoms with Crippen molar-refractivity contribution < 1.29 is 9.52 Å². The molecule has 0 aliphatic carbocycles. The average molecular weight is 308 g/mol. The van der Waals surface area contributed by atoms with Gasteiger partial charge in [0.1, 0.15) is 11.9 Å². The molecule has 0 aliphatic rings. The molecule has 80 valence electrons. The lowest BCUT2D eigenvalue weighted by Crippen LogP contribution is -1.99. The summed E-state index contributed by atoms with van der Waals surface area (Å²) >= 11 is 10.6. The van der Waals surface area contributed by atoms with Gasteiger partial charge in [-0.2, -0.15) is 0 Å². The fourth-order valence-electron chi connectivity index (χ4n) is 1.29. The molecule has 2 aromatic heterocycles. The highest BCUT2D eigenvalue weighted by Gasteiger charge is 2.16. The van der Waals surface area contributed by atoms with Crippen LogP contribution in [0.15, 0.2) is 33.4 Å². The minimum atomic E-state index is -0.635. The Morgan fingerprint density at radius 3 is 2.80 bits per heavy atom. The topological polar surface area (TPSA) is 33.4 Å². The number of rotatable bonds is 3. The van der Waals surface area contributed by atoms with E-state index >= 15 is 0 Å². The van der Waals surface area contributed by atoms with Crippen LogP contribution < -0.4 is 0 Å². The predicted octanol–water partition coefficient (Wildman–Crippen LogP) is 4.03. The summed E-state index contributed by atoms with van der Waals surface area (Å²) < 4.78 is 6.70. The standard InChI is InChI=1S/C10H8BrClO2S/c11-7-3-4-14-10(7)8(13)5-6-1-2-9(12)15-6/h1-4,8,13H,5H2. The number of aliphatic hydroxyl groups is 1. The molecule has 2 rings (SSSR count). The van der Waals surface area contributed by atoms with E-state index in [2.05, 4.69) is 15.9 Å². The van der Waals surface area contributed by atoms with Gasteiger partial charge in [-0.15, -0.1) is 11.3 Å². The lowest BCUT2D eigenvalue weighted by atomic mass is 10.2. The van der Waals surface area contributed by atoms with Crippen LogP contribution in [0, 0.1) is 0 Å². The van der Waals surface area contributed by atoms with Crippen molar-refractivity contribution in [1.29, 1.82) is 0 Å². The minimum absolute atomic E-state index is 0.517. The third-order valence-electron chi connectivity index (χ3n) is 1.97. The second-order valence-corrected chi connectivity index (χ2v) is 5.71. The predicted molar refractivity (Wildman–Crippen MR) is 64.4 cm³/mol. The summed E-state index contributed by atoms with van der Waals surface area (Å²) in [6, 6.07) is 5.50. The number of furan rings is 1. The molecule has 0 aromatic carbocycles. The molecule has 0 saturated carbocycles. The van der Waals surface area contributed by atoms with Crippen molar-refractivity contribution in [3.63, 3.8) is 0 Å². The Morgan fingerprint density at radius 2 is 2.27 bits per heavy atom. The van der Waals surface area contributed by atoms with Crippen molar-refractivity contribution in [2.24, 2.45) is 0 Å². The molecule has 0 radical (unpaired) electrons. The normalized spacial score (nSPS) is 13.0. The molecule has 15 heavy (non-hydrogen) atoms. The molecule has 5 heteroatoms. The Balaban J connectivity index is 2.10. The molecule has 1 N–H and O–H groups in total. The molecule has 2 heterocycles. The van der Waals surface area contributed by atoms with E-state index in [1.807, 2.05) is 12.1 Å². The summed E-state index contributed by atoms with van der Waals surface area (Å²) in [6.45, 7) is 0. The molecule has 0 aliphatic heterocycles. The number of thiophene rings is 1. The van der Waals surface area contributed by atoms with E-state index in [-0.39, 0.29) is 0 Å². The fraction of sp³-hybridized carbons (Fsp3) is 0.200. The highest BCUT2D eigenvalue weighted by atomic mass is 79.9. The minimum Gasteiger partial charge on any atom is -0.465 e. The van der Waals surface area contributed by atoms with Crippen molar-refractivity contribution in [2.75, 3.05) is 0 Å². The Morgan fingerprint density at radius 1 is 1.47 bits per heavy atom. The SMILES string of the molecule is OC(Cc1ccc(Cl)s1)c1occc1Br. The molecule has 2 aromatic rings. The Hall–Kier alpha value is -0.290. The Kier molecular flexibility index (Phi) is 3.51. The molecule has 0 saturated heterocycles. The van der Waals surface area contributed by atoms with E-state index < -0.39 is 6.10 Å². The van der Waals surface area contributed by atoms with Gasteiger partial charge in [0.2, 0.25) is 0 Å². The number of hydrogen-bond donors (Lipinski definition) is 1. The van der Waals surface area contributed by atoms with Crippen LogP contribution in [0.4, 0.5) is 0 Å². The first kappa shape index (κ1) is 11.2. The Labute approximate surface area is 105 Å². The Bertz CT molecular complexity index is 452. The summed E-state index contributed by atoms with van der Waals surface area (Å²) in [6.07, 6.45) is 1.43. The molecule has 1 unspecified atom stereocenters. The van der Waals surface area contributed by atoms with Gasteiger partial charge in [0.25, 0.3) is 0 Å². The van der Waals surface area contributed by atoms with E-state index in [1.165, 1.54) is 11.3 Å². The highest BCUT2D eigenvalue weighted by molar-refractivity contribution is 9.10. The van der Waals surface area contributed by atoms with Crippen molar-refractivity contribution >= 4 is 38.9 Å². The van der Waals surface area contributed by atoms with Crippen molar-refractivity contribution in [2.45, 2.75) is 12.5 Å². The molecule has 0 fully saturated rings. The van der Waals surface area contributed by atoms with Crippen LogP contribution in [0.2, 0.25) is 4.34 Å². The van der Waals surface area contributed by atoms with Crippen LogP contribution in [0.25, 0.3) is 0 Å².